The third kappa shape index (κ3) is 12.5. The Morgan fingerprint density at radius 2 is 1.53 bits per heavy atom. The molecule has 2 heterocycles. The van der Waals surface area contributed by atoms with Gasteiger partial charge in [-0.1, -0.05) is 51.0 Å². The van der Waals surface area contributed by atoms with E-state index in [0.717, 1.165) is 56.7 Å². The Morgan fingerprint density at radius 1 is 0.894 bits per heavy atom. The van der Waals surface area contributed by atoms with Crippen LogP contribution in [0.1, 0.15) is 115 Å². The summed E-state index contributed by atoms with van der Waals surface area (Å²) >= 11 is 0. The van der Waals surface area contributed by atoms with Crippen molar-refractivity contribution in [2.75, 3.05) is 19.7 Å². The van der Waals surface area contributed by atoms with Crippen molar-refractivity contribution in [3.05, 3.63) is 71.8 Å². The number of rotatable bonds is 21. The van der Waals surface area contributed by atoms with Crippen LogP contribution in [0.4, 0.5) is 0 Å². The van der Waals surface area contributed by atoms with Crippen LogP contribution in [0.3, 0.4) is 0 Å². The maximum absolute atomic E-state index is 12.8. The monoisotopic (exact) mass is 651 g/mol. The molecule has 2 aromatic heterocycles. The van der Waals surface area contributed by atoms with Gasteiger partial charge in [-0.15, -0.1) is 0 Å². The van der Waals surface area contributed by atoms with Gasteiger partial charge in [0, 0.05) is 50.0 Å². The van der Waals surface area contributed by atoms with Crippen molar-refractivity contribution < 1.29 is 19.1 Å². The zero-order valence-corrected chi connectivity index (χ0v) is 29.4. The molecule has 0 aliphatic carbocycles. The minimum atomic E-state index is -0.631. The van der Waals surface area contributed by atoms with Crippen molar-refractivity contribution in [3.63, 3.8) is 0 Å². The first-order valence-electron chi connectivity index (χ1n) is 17.1. The van der Waals surface area contributed by atoms with Gasteiger partial charge in [0.25, 0.3) is 0 Å². The van der Waals surface area contributed by atoms with Gasteiger partial charge in [0.05, 0.1) is 19.0 Å². The molecule has 0 fully saturated rings. The zero-order chi connectivity index (χ0) is 34.3. The second kappa shape index (κ2) is 18.7. The SMILES string of the molecule is CCCC(CCC)(CCCN)N(CCC(=O)OCC(=O)OC(C)(C)C)Cc1ccc(CN(Cc2ncc[nH]2)C(C)c2ncc[nH]2)cc1. The van der Waals surface area contributed by atoms with Gasteiger partial charge in [-0.05, 0) is 71.0 Å². The molecule has 11 heteroatoms. The number of benzene rings is 1. The van der Waals surface area contributed by atoms with E-state index in [1.807, 2.05) is 12.4 Å². The Bertz CT molecular complexity index is 1300. The van der Waals surface area contributed by atoms with Crippen LogP contribution in [0, 0.1) is 0 Å². The van der Waals surface area contributed by atoms with E-state index in [0.29, 0.717) is 26.2 Å². The Balaban J connectivity index is 1.77. The van der Waals surface area contributed by atoms with Gasteiger partial charge in [-0.3, -0.25) is 14.6 Å². The van der Waals surface area contributed by atoms with Gasteiger partial charge in [0.2, 0.25) is 0 Å². The number of nitrogens with two attached hydrogens (primary N) is 1. The number of aromatic nitrogens is 4. The summed E-state index contributed by atoms with van der Waals surface area (Å²) in [5.74, 6) is 0.868. The molecule has 260 valence electrons. The number of ether oxygens (including phenoxy) is 2. The van der Waals surface area contributed by atoms with Crippen LogP contribution < -0.4 is 5.73 Å². The maximum Gasteiger partial charge on any atom is 0.344 e. The van der Waals surface area contributed by atoms with Crippen molar-refractivity contribution in [3.8, 4) is 0 Å². The number of hydrogen-bond donors (Lipinski definition) is 3. The summed E-state index contributed by atoms with van der Waals surface area (Å²) in [5.41, 5.74) is 7.66. The Morgan fingerprint density at radius 3 is 2.09 bits per heavy atom. The van der Waals surface area contributed by atoms with E-state index in [2.05, 4.69) is 74.8 Å². The number of carbonyl (C=O) groups is 2. The molecule has 1 atom stereocenters. The van der Waals surface area contributed by atoms with Crippen molar-refractivity contribution in [2.45, 2.75) is 123 Å². The van der Waals surface area contributed by atoms with E-state index in [1.165, 1.54) is 11.1 Å². The van der Waals surface area contributed by atoms with Crippen LogP contribution in [-0.2, 0) is 38.7 Å². The average molecular weight is 652 g/mol. The molecule has 0 spiro atoms. The predicted octanol–water partition coefficient (Wildman–Crippen LogP) is 6.05. The first-order valence-corrected chi connectivity index (χ1v) is 17.1. The molecule has 0 radical (unpaired) electrons. The molecule has 0 amide bonds. The third-order valence-corrected chi connectivity index (χ3v) is 8.46. The van der Waals surface area contributed by atoms with Crippen molar-refractivity contribution in [1.29, 1.82) is 0 Å². The fraction of sp³-hybridized carbons (Fsp3) is 0.611. The Hall–Kier alpha value is -3.54. The molecule has 1 unspecified atom stereocenters. The average Bonchev–Trinajstić information content (AvgIpc) is 3.76. The fourth-order valence-corrected chi connectivity index (χ4v) is 6.29. The topological polar surface area (TPSA) is 142 Å². The van der Waals surface area contributed by atoms with Gasteiger partial charge in [0.15, 0.2) is 6.61 Å². The van der Waals surface area contributed by atoms with Gasteiger partial charge < -0.3 is 25.2 Å². The molecule has 0 aliphatic heterocycles. The maximum atomic E-state index is 12.8. The minimum absolute atomic E-state index is 0.0617. The standard InChI is InChI=1S/C36H57N7O4/c1-7-15-36(16-8-2,17-9-18-37)43(23-14-32(44)46-27-33(45)47-35(4,5)6)25-30-12-10-29(11-13-30)24-42(26-31-38-19-20-39-31)28(3)34-40-21-22-41-34/h10-13,19-22,28H,7-9,14-18,23-27,37H2,1-6H3,(H,38,39)(H,40,41). The molecule has 0 aliphatic rings. The highest BCUT2D eigenvalue weighted by Crippen LogP contribution is 2.34. The molecule has 3 aromatic rings. The first kappa shape index (κ1) is 37.9. The summed E-state index contributed by atoms with van der Waals surface area (Å²) in [4.78, 5) is 45.2. The van der Waals surface area contributed by atoms with Gasteiger partial charge in [-0.25, -0.2) is 14.8 Å². The molecular formula is C36H57N7O4. The van der Waals surface area contributed by atoms with Crippen LogP contribution in [0.25, 0.3) is 0 Å². The minimum Gasteiger partial charge on any atom is -0.457 e. The van der Waals surface area contributed by atoms with Crippen molar-refractivity contribution in [1.82, 2.24) is 29.7 Å². The van der Waals surface area contributed by atoms with E-state index in [1.54, 1.807) is 33.2 Å². The summed E-state index contributed by atoms with van der Waals surface area (Å²) in [6.45, 7) is 14.8. The summed E-state index contributed by atoms with van der Waals surface area (Å²) in [6, 6.07) is 8.82. The molecule has 0 bridgehead atoms. The predicted molar refractivity (Wildman–Crippen MR) is 184 cm³/mol. The molecule has 11 nitrogen and oxygen atoms in total. The van der Waals surface area contributed by atoms with E-state index >= 15 is 0 Å². The number of nitrogens with zero attached hydrogens (tertiary/aromatic N) is 4. The summed E-state index contributed by atoms with van der Waals surface area (Å²) in [5, 5.41) is 0. The van der Waals surface area contributed by atoms with Gasteiger partial charge in [0.1, 0.15) is 17.2 Å². The number of hydrogen-bond acceptors (Lipinski definition) is 9. The van der Waals surface area contributed by atoms with Crippen molar-refractivity contribution >= 4 is 11.9 Å². The zero-order valence-electron chi connectivity index (χ0n) is 29.4. The lowest BCUT2D eigenvalue weighted by atomic mass is 9.81. The Kier molecular flexibility index (Phi) is 15.1. The highest BCUT2D eigenvalue weighted by atomic mass is 16.6. The Labute approximate surface area is 281 Å². The largest absolute Gasteiger partial charge is 0.457 e. The van der Waals surface area contributed by atoms with Crippen LogP contribution in [-0.4, -0.2) is 72.5 Å². The highest BCUT2D eigenvalue weighted by Gasteiger charge is 2.35. The lowest BCUT2D eigenvalue weighted by Gasteiger charge is -2.45. The van der Waals surface area contributed by atoms with E-state index < -0.39 is 17.5 Å². The van der Waals surface area contributed by atoms with Crippen molar-refractivity contribution in [2.24, 2.45) is 5.73 Å². The van der Waals surface area contributed by atoms with E-state index in [4.69, 9.17) is 15.2 Å². The number of H-pyrrole nitrogens is 2. The number of aromatic amines is 2. The number of carbonyl (C=O) groups excluding carboxylic acids is 2. The van der Waals surface area contributed by atoms with Gasteiger partial charge >= 0.3 is 11.9 Å². The van der Waals surface area contributed by atoms with E-state index in [-0.39, 0.29) is 24.6 Å². The molecule has 0 saturated carbocycles. The van der Waals surface area contributed by atoms with Gasteiger partial charge in [-0.2, -0.15) is 0 Å². The molecule has 0 saturated heterocycles. The summed E-state index contributed by atoms with van der Waals surface area (Å²) in [6.07, 6.45) is 13.4. The smallest absolute Gasteiger partial charge is 0.344 e. The summed E-state index contributed by atoms with van der Waals surface area (Å²) in [7, 11) is 0. The number of nitrogens with one attached hydrogen (secondary N) is 2. The second-order valence-corrected chi connectivity index (χ2v) is 13.4. The first-order chi connectivity index (χ1) is 22.5. The van der Waals surface area contributed by atoms with Crippen LogP contribution in [0.5, 0.6) is 0 Å². The van der Waals surface area contributed by atoms with Crippen LogP contribution >= 0.6 is 0 Å². The third-order valence-electron chi connectivity index (χ3n) is 8.46. The second-order valence-electron chi connectivity index (χ2n) is 13.4. The van der Waals surface area contributed by atoms with Crippen LogP contribution in [0.2, 0.25) is 0 Å². The van der Waals surface area contributed by atoms with Crippen LogP contribution in [0.15, 0.2) is 49.1 Å². The quantitative estimate of drug-likeness (QED) is 0.117. The molecular weight excluding hydrogens is 594 g/mol. The molecule has 1 aromatic carbocycles. The summed E-state index contributed by atoms with van der Waals surface area (Å²) < 4.78 is 10.6. The fourth-order valence-electron chi connectivity index (χ4n) is 6.29. The highest BCUT2D eigenvalue weighted by molar-refractivity contribution is 5.76. The normalized spacial score (nSPS) is 12.9. The lowest BCUT2D eigenvalue weighted by Crippen LogP contribution is -2.49. The van der Waals surface area contributed by atoms with E-state index in [9.17, 15) is 9.59 Å². The number of imidazole rings is 2. The lowest BCUT2D eigenvalue weighted by molar-refractivity contribution is -0.166. The molecule has 47 heavy (non-hydrogen) atoms. The molecule has 3 rings (SSSR count). The number of esters is 2. The molecule has 4 N–H and O–H groups in total.